The van der Waals surface area contributed by atoms with Gasteiger partial charge in [-0.15, -0.1) is 0 Å². The van der Waals surface area contributed by atoms with Crippen molar-refractivity contribution in [2.45, 2.75) is 45.1 Å². The van der Waals surface area contributed by atoms with Crippen LogP contribution in [0.25, 0.3) is 0 Å². The highest BCUT2D eigenvalue weighted by Gasteiger charge is 2.18. The summed E-state index contributed by atoms with van der Waals surface area (Å²) < 4.78 is 0. The molecule has 0 aromatic heterocycles. The lowest BCUT2D eigenvalue weighted by Gasteiger charge is -2.25. The Hall–Kier alpha value is -0.570. The second kappa shape index (κ2) is 5.22. The number of hydrogen-bond acceptors (Lipinski definition) is 2. The van der Waals surface area contributed by atoms with Crippen molar-refractivity contribution in [3.63, 3.8) is 0 Å². The van der Waals surface area contributed by atoms with Gasteiger partial charge in [-0.05, 0) is 25.3 Å². The quantitative estimate of drug-likeness (QED) is 0.661. The Kier molecular flexibility index (Phi) is 4.22. The van der Waals surface area contributed by atoms with Gasteiger partial charge in [0.05, 0.1) is 0 Å². The summed E-state index contributed by atoms with van der Waals surface area (Å²) in [6, 6.07) is -0.347. The Morgan fingerprint density at radius 3 is 2.69 bits per heavy atom. The van der Waals surface area contributed by atoms with Crippen molar-refractivity contribution in [2.75, 3.05) is 6.54 Å². The molecule has 2 N–H and O–H groups in total. The molecule has 1 fully saturated rings. The molecule has 1 atom stereocenters. The molecule has 76 valence electrons. The van der Waals surface area contributed by atoms with E-state index in [1.807, 2.05) is 6.92 Å². The Bertz CT molecular complexity index is 166. The highest BCUT2D eigenvalue weighted by Crippen LogP contribution is 2.28. The van der Waals surface area contributed by atoms with Crippen LogP contribution in [0.15, 0.2) is 0 Å². The zero-order valence-electron chi connectivity index (χ0n) is 8.25. The molecule has 1 aliphatic rings. The molecule has 1 rings (SSSR count). The van der Waals surface area contributed by atoms with Crippen molar-refractivity contribution < 1.29 is 9.90 Å². The summed E-state index contributed by atoms with van der Waals surface area (Å²) in [6.45, 7) is 2.75. The molecule has 0 aromatic rings. The van der Waals surface area contributed by atoms with Crippen LogP contribution in [0.2, 0.25) is 0 Å². The maximum atomic E-state index is 10.6. The maximum absolute atomic E-state index is 10.6. The average molecular weight is 185 g/mol. The molecular weight excluding hydrogens is 166 g/mol. The van der Waals surface area contributed by atoms with Crippen molar-refractivity contribution in [1.82, 2.24) is 5.32 Å². The molecule has 1 unspecified atom stereocenters. The summed E-state index contributed by atoms with van der Waals surface area (Å²) in [4.78, 5) is 10.6. The van der Waals surface area contributed by atoms with Crippen LogP contribution < -0.4 is 5.32 Å². The van der Waals surface area contributed by atoms with Crippen LogP contribution in [0.1, 0.15) is 39.0 Å². The number of aliphatic carboxylic acids is 1. The summed E-state index contributed by atoms with van der Waals surface area (Å²) in [5.74, 6) is 0.134. The van der Waals surface area contributed by atoms with Crippen LogP contribution in [-0.2, 0) is 4.79 Å². The molecule has 0 bridgehead atoms. The fourth-order valence-electron chi connectivity index (χ4n) is 1.65. The van der Waals surface area contributed by atoms with Gasteiger partial charge in [-0.3, -0.25) is 4.79 Å². The smallest absolute Gasteiger partial charge is 0.320 e. The van der Waals surface area contributed by atoms with E-state index < -0.39 is 5.97 Å². The lowest BCUT2D eigenvalue weighted by atomic mass is 9.83. The third kappa shape index (κ3) is 3.35. The van der Waals surface area contributed by atoms with Crippen molar-refractivity contribution in [1.29, 1.82) is 0 Å². The minimum absolute atomic E-state index is 0.347. The highest BCUT2D eigenvalue weighted by molar-refractivity contribution is 5.73. The Labute approximate surface area is 79.5 Å². The van der Waals surface area contributed by atoms with Crippen LogP contribution in [0.5, 0.6) is 0 Å². The molecule has 0 saturated heterocycles. The number of hydrogen-bond donors (Lipinski definition) is 2. The third-order valence-corrected chi connectivity index (χ3v) is 2.87. The predicted octanol–water partition coefficient (Wildman–Crippen LogP) is 1.63. The molecule has 0 radical (unpaired) electrons. The predicted molar refractivity (Wildman–Crippen MR) is 51.7 cm³/mol. The normalized spacial score (nSPS) is 19.5. The average Bonchev–Trinajstić information content (AvgIpc) is 2.00. The molecule has 0 aromatic carbocycles. The van der Waals surface area contributed by atoms with E-state index in [9.17, 15) is 4.79 Å². The minimum atomic E-state index is -0.726. The summed E-state index contributed by atoms with van der Waals surface area (Å²) in [6.07, 6.45) is 5.85. The maximum Gasteiger partial charge on any atom is 0.320 e. The lowest BCUT2D eigenvalue weighted by molar-refractivity contribution is -0.139. The number of nitrogens with one attached hydrogen (secondary N) is 1. The van der Waals surface area contributed by atoms with Crippen LogP contribution in [-0.4, -0.2) is 23.7 Å². The number of carboxylic acids is 1. The minimum Gasteiger partial charge on any atom is -0.480 e. The molecule has 1 aliphatic carbocycles. The largest absolute Gasteiger partial charge is 0.480 e. The molecule has 0 amide bonds. The van der Waals surface area contributed by atoms with E-state index in [0.29, 0.717) is 6.42 Å². The van der Waals surface area contributed by atoms with Crippen LogP contribution in [0.3, 0.4) is 0 Å². The molecule has 0 aliphatic heterocycles. The van der Waals surface area contributed by atoms with Gasteiger partial charge < -0.3 is 10.4 Å². The Morgan fingerprint density at radius 1 is 1.62 bits per heavy atom. The first kappa shape index (κ1) is 10.5. The SMILES string of the molecule is CCC(NCCC1CCC1)C(=O)O. The first-order valence-corrected chi connectivity index (χ1v) is 5.20. The number of carboxylic acid groups (broad SMARTS) is 1. The molecule has 0 heterocycles. The Morgan fingerprint density at radius 2 is 2.31 bits per heavy atom. The topological polar surface area (TPSA) is 49.3 Å². The van der Waals surface area contributed by atoms with Crippen molar-refractivity contribution in [3.8, 4) is 0 Å². The second-order valence-corrected chi connectivity index (χ2v) is 3.84. The standard InChI is InChI=1S/C10H19NO2/c1-2-9(10(12)13)11-7-6-8-4-3-5-8/h8-9,11H,2-7H2,1H3,(H,12,13). The lowest BCUT2D eigenvalue weighted by Crippen LogP contribution is -2.37. The molecule has 3 heteroatoms. The van der Waals surface area contributed by atoms with Gasteiger partial charge in [-0.2, -0.15) is 0 Å². The summed E-state index contributed by atoms with van der Waals surface area (Å²) in [7, 11) is 0. The van der Waals surface area contributed by atoms with Crippen molar-refractivity contribution in [3.05, 3.63) is 0 Å². The van der Waals surface area contributed by atoms with Gasteiger partial charge in [0, 0.05) is 0 Å². The molecule has 13 heavy (non-hydrogen) atoms. The van der Waals surface area contributed by atoms with Gasteiger partial charge in [0.15, 0.2) is 0 Å². The molecule has 1 saturated carbocycles. The van der Waals surface area contributed by atoms with E-state index in [2.05, 4.69) is 5.32 Å². The van der Waals surface area contributed by atoms with Crippen molar-refractivity contribution in [2.24, 2.45) is 5.92 Å². The van der Waals surface area contributed by atoms with E-state index in [-0.39, 0.29) is 6.04 Å². The van der Waals surface area contributed by atoms with E-state index in [4.69, 9.17) is 5.11 Å². The van der Waals surface area contributed by atoms with Gasteiger partial charge in [0.2, 0.25) is 0 Å². The van der Waals surface area contributed by atoms with Gasteiger partial charge in [0.1, 0.15) is 6.04 Å². The van der Waals surface area contributed by atoms with Gasteiger partial charge in [-0.25, -0.2) is 0 Å². The first-order chi connectivity index (χ1) is 6.24. The highest BCUT2D eigenvalue weighted by atomic mass is 16.4. The first-order valence-electron chi connectivity index (χ1n) is 5.20. The van der Waals surface area contributed by atoms with Gasteiger partial charge >= 0.3 is 5.97 Å². The van der Waals surface area contributed by atoms with Gasteiger partial charge in [-0.1, -0.05) is 26.2 Å². The molecule has 3 nitrogen and oxygen atoms in total. The van der Waals surface area contributed by atoms with E-state index in [1.165, 1.54) is 19.3 Å². The number of rotatable bonds is 6. The fourth-order valence-corrected chi connectivity index (χ4v) is 1.65. The van der Waals surface area contributed by atoms with Crippen molar-refractivity contribution >= 4 is 5.97 Å². The molecular formula is C10H19NO2. The summed E-state index contributed by atoms with van der Waals surface area (Å²) >= 11 is 0. The Balaban J connectivity index is 2.05. The zero-order valence-corrected chi connectivity index (χ0v) is 8.25. The monoisotopic (exact) mass is 185 g/mol. The summed E-state index contributed by atoms with van der Waals surface area (Å²) in [5.41, 5.74) is 0. The third-order valence-electron chi connectivity index (χ3n) is 2.87. The van der Waals surface area contributed by atoms with Crippen LogP contribution in [0, 0.1) is 5.92 Å². The van der Waals surface area contributed by atoms with Gasteiger partial charge in [0.25, 0.3) is 0 Å². The summed E-state index contributed by atoms with van der Waals surface area (Å²) in [5, 5.41) is 11.8. The number of carbonyl (C=O) groups is 1. The van der Waals surface area contributed by atoms with E-state index in [1.54, 1.807) is 0 Å². The fraction of sp³-hybridized carbons (Fsp3) is 0.900. The molecule has 0 spiro atoms. The zero-order chi connectivity index (χ0) is 9.68. The van der Waals surface area contributed by atoms with E-state index in [0.717, 1.165) is 18.9 Å². The van der Waals surface area contributed by atoms with E-state index >= 15 is 0 Å². The van der Waals surface area contributed by atoms with Crippen LogP contribution >= 0.6 is 0 Å². The second-order valence-electron chi connectivity index (χ2n) is 3.84. The van der Waals surface area contributed by atoms with Crippen LogP contribution in [0.4, 0.5) is 0 Å².